The van der Waals surface area contributed by atoms with Crippen LogP contribution in [0, 0.1) is 0 Å². The molecule has 0 aliphatic heterocycles. The van der Waals surface area contributed by atoms with Gasteiger partial charge < -0.3 is 0 Å². The van der Waals surface area contributed by atoms with Gasteiger partial charge in [0.2, 0.25) is 0 Å². The number of aliphatic imine (C=N–C) groups is 1. The Morgan fingerprint density at radius 1 is 0.588 bits per heavy atom. The van der Waals surface area contributed by atoms with Crippen LogP contribution in [0.15, 0.2) is 53.2 Å². The second kappa shape index (κ2) is 23.8. The molecule has 2 aliphatic rings. The number of benzene rings is 2. The zero-order valence-corrected chi connectivity index (χ0v) is 41.4. The topological polar surface area (TPSA) is 15.6 Å². The van der Waals surface area contributed by atoms with Crippen LogP contribution in [0.2, 0.25) is 39.3 Å². The summed E-state index contributed by atoms with van der Waals surface area (Å²) in [5.41, 5.74) is 10.2. The molecule has 2 saturated carbocycles. The molecule has 287 valence electrons. The van der Waals surface area contributed by atoms with Gasteiger partial charge in [-0.2, -0.15) is 0 Å². The van der Waals surface area contributed by atoms with Gasteiger partial charge in [0.05, 0.1) is 15.5 Å². The molecule has 0 aromatic heterocycles. The average Bonchev–Trinajstić information content (AvgIpc) is 3.79. The number of hydrogen-bond acceptors (Lipinski definition) is 2. The van der Waals surface area contributed by atoms with Crippen molar-refractivity contribution < 1.29 is 0 Å². The Kier molecular flexibility index (Phi) is 22.4. The maximum absolute atomic E-state index is 5.15. The molecule has 2 nitrogen and oxygen atoms in total. The van der Waals surface area contributed by atoms with Crippen molar-refractivity contribution in [3.05, 3.63) is 70.4 Å². The Morgan fingerprint density at radius 3 is 1.14 bits per heavy atom. The summed E-state index contributed by atoms with van der Waals surface area (Å²) in [6.45, 7) is 37.3. The molecule has 0 saturated heterocycles. The molecule has 0 amide bonds. The molecule has 2 aliphatic carbocycles. The molecule has 3 radical (unpaired) electrons. The Hall–Kier alpha value is -0.943. The summed E-state index contributed by atoms with van der Waals surface area (Å²) < 4.78 is 2.35. The van der Waals surface area contributed by atoms with E-state index in [1.165, 1.54) is 106 Å². The number of para-hydroxylation sites is 2. The number of rotatable bonds is 10. The fourth-order valence-corrected chi connectivity index (χ4v) is 37.0. The molecule has 0 unspecified atom stereocenters. The summed E-state index contributed by atoms with van der Waals surface area (Å²) in [4.78, 5) is 5.15. The molecule has 2 aromatic carbocycles. The molecule has 4 rings (SSSR count). The second-order valence-corrected chi connectivity index (χ2v) is 40.4. The molecule has 0 spiro atoms. The van der Waals surface area contributed by atoms with Crippen molar-refractivity contribution in [2.75, 3.05) is 3.86 Å². The van der Waals surface area contributed by atoms with E-state index in [0.717, 1.165) is 11.4 Å². The summed E-state index contributed by atoms with van der Waals surface area (Å²) >= 11 is 2.19. The van der Waals surface area contributed by atoms with Gasteiger partial charge in [0.15, 0.2) is 0 Å². The maximum atomic E-state index is 5.15. The van der Waals surface area contributed by atoms with Crippen LogP contribution >= 0.6 is 7.68 Å². The number of hydrogen-bond donors (Lipinski definition) is 0. The van der Waals surface area contributed by atoms with E-state index in [1.807, 2.05) is 0 Å². The normalized spacial score (nSPS) is 15.4. The molecule has 6 heteroatoms. The molecule has 0 heterocycles. The Morgan fingerprint density at radius 2 is 0.882 bits per heavy atom. The second-order valence-electron chi connectivity index (χ2n) is 18.2. The van der Waals surface area contributed by atoms with Crippen LogP contribution in [0.1, 0.15) is 179 Å². The maximum Gasteiger partial charge on any atom is 0.0646 e. The van der Waals surface area contributed by atoms with Crippen LogP contribution in [0.25, 0.3) is 0 Å². The Balaban J connectivity index is 0.000000547. The van der Waals surface area contributed by atoms with Gasteiger partial charge >= 0.3 is 206 Å². The number of nitrogens with zero attached hydrogens (tertiary/aromatic N) is 2. The van der Waals surface area contributed by atoms with E-state index in [9.17, 15) is 0 Å². The fourth-order valence-electron chi connectivity index (χ4n) is 7.06. The molecule has 2 fully saturated rings. The molecular formula is C45H80GeN2PSi2. The molecule has 51 heavy (non-hydrogen) atoms. The first-order valence-corrected chi connectivity index (χ1v) is 31.4. The van der Waals surface area contributed by atoms with Crippen molar-refractivity contribution >= 4 is 57.0 Å². The van der Waals surface area contributed by atoms with Crippen molar-refractivity contribution in [3.63, 3.8) is 0 Å². The quantitative estimate of drug-likeness (QED) is 0.133. The standard InChI is InChI=1S/C29H41GeN2.C6H19PSi2.2C5H10/c1-18(2)24-13-11-14-25(19(3)4)28(24)31-22(9)17-23(10)32(30)29-26(20(5)6)15-12-16-27(29)21(7)8;1-8(2,3)7-9(4,5)6;2*1-2-4-5-3-1/h11-21H,1-10H3;7H,1-6H3;2*1-5H2/b23-17-,31-22?;;;. The van der Waals surface area contributed by atoms with E-state index >= 15 is 0 Å². The zero-order valence-electron chi connectivity index (χ0n) is 36.3. The first-order chi connectivity index (χ1) is 23.7. The van der Waals surface area contributed by atoms with E-state index in [1.54, 1.807) is 0 Å². The Bertz CT molecular complexity index is 1250. The fraction of sp³-hybridized carbons (Fsp3) is 0.667. The van der Waals surface area contributed by atoms with E-state index in [2.05, 4.69) is 172 Å². The van der Waals surface area contributed by atoms with Gasteiger partial charge in [0.25, 0.3) is 0 Å². The van der Waals surface area contributed by atoms with Gasteiger partial charge in [0.1, 0.15) is 0 Å². The predicted molar refractivity (Wildman–Crippen MR) is 245 cm³/mol. The van der Waals surface area contributed by atoms with Gasteiger partial charge in [-0.25, -0.2) is 0 Å². The van der Waals surface area contributed by atoms with Crippen LogP contribution in [0.3, 0.4) is 0 Å². The van der Waals surface area contributed by atoms with Gasteiger partial charge in [0, 0.05) is 0 Å². The molecule has 0 atom stereocenters. The smallest absolute Gasteiger partial charge is 0.0646 e. The van der Waals surface area contributed by atoms with Crippen molar-refractivity contribution in [1.82, 2.24) is 0 Å². The molecule has 0 bridgehead atoms. The minimum absolute atomic E-state index is 0.444. The largest absolute Gasteiger partial charge is 0.145 e. The SMILES string of the molecule is C1CCCC1.C1CCCC1.CC(/C=C(/C)[N]([Ge])c1c(C(C)C)cccc1C(C)C)=Nc1c(C(C)C)cccc1C(C)C.C[Si](C)(C)P[Si](C)(C)C. The van der Waals surface area contributed by atoms with Crippen LogP contribution in [0.5, 0.6) is 0 Å². The average molecular weight is 809 g/mol. The van der Waals surface area contributed by atoms with Gasteiger partial charge in [-0.3, -0.25) is 0 Å². The summed E-state index contributed by atoms with van der Waals surface area (Å²) in [5, 5.41) is 0. The van der Waals surface area contributed by atoms with Crippen LogP contribution in [-0.2, 0) is 0 Å². The van der Waals surface area contributed by atoms with Gasteiger partial charge in [-0.15, -0.1) is 7.68 Å². The predicted octanol–water partition coefficient (Wildman–Crippen LogP) is 16.0. The van der Waals surface area contributed by atoms with Crippen molar-refractivity contribution in [1.29, 1.82) is 0 Å². The minimum atomic E-state index is -0.703. The number of allylic oxidation sites excluding steroid dienone is 2. The van der Waals surface area contributed by atoms with E-state index in [-0.39, 0.29) is 0 Å². The van der Waals surface area contributed by atoms with E-state index in [0.29, 0.717) is 23.7 Å². The minimum Gasteiger partial charge on any atom is -0.145 e. The van der Waals surface area contributed by atoms with Crippen LogP contribution in [-0.4, -0.2) is 37.9 Å². The third-order valence-electron chi connectivity index (χ3n) is 9.22. The molecule has 2 aromatic rings. The third kappa shape index (κ3) is 19.3. The van der Waals surface area contributed by atoms with Gasteiger partial charge in [-0.1, -0.05) is 103 Å². The Labute approximate surface area is 330 Å². The van der Waals surface area contributed by atoms with Crippen molar-refractivity contribution in [2.24, 2.45) is 4.99 Å². The van der Waals surface area contributed by atoms with E-state index < -0.39 is 15.5 Å². The zero-order chi connectivity index (χ0) is 38.9. The summed E-state index contributed by atoms with van der Waals surface area (Å²) in [5.74, 6) is 1.83. The van der Waals surface area contributed by atoms with Crippen LogP contribution < -0.4 is 3.86 Å². The third-order valence-corrected chi connectivity index (χ3v) is 29.9. The molecular weight excluding hydrogens is 728 g/mol. The summed E-state index contributed by atoms with van der Waals surface area (Å²) in [6.07, 6.45) is 17.2. The van der Waals surface area contributed by atoms with Crippen molar-refractivity contribution in [2.45, 2.75) is 196 Å². The van der Waals surface area contributed by atoms with Gasteiger partial charge in [-0.05, 0) is 0 Å². The first kappa shape index (κ1) is 48.1. The number of anilines is 1. The van der Waals surface area contributed by atoms with E-state index in [4.69, 9.17) is 4.99 Å². The summed E-state index contributed by atoms with van der Waals surface area (Å²) in [7, 11) is -0.0775. The van der Waals surface area contributed by atoms with Crippen molar-refractivity contribution in [3.8, 4) is 0 Å². The summed E-state index contributed by atoms with van der Waals surface area (Å²) in [6, 6.07) is 13.3. The van der Waals surface area contributed by atoms with Crippen LogP contribution in [0.4, 0.5) is 11.4 Å². The first-order valence-electron chi connectivity index (χ1n) is 20.5. The monoisotopic (exact) mass is 809 g/mol. The molecule has 0 N–H and O–H groups in total.